The van der Waals surface area contributed by atoms with Gasteiger partial charge < -0.3 is 55.7 Å². The average Bonchev–Trinajstić information content (AvgIpc) is 3.71. The number of amides is 2. The van der Waals surface area contributed by atoms with E-state index < -0.39 is 95.5 Å². The standard InChI is InChI=1S/C29H46N7O19P3S/c1-29(2,23(41)26(42)32-9-8-19(39)31-10-12-59-28(43)17(38)7-5-3-4-6-11-37)14-52-58(49,50)55-57(47,48)51-13-18-22(54-56(44,45)46)21(40)27(53-18)36-16-35-20-24(30)33-15-34-25(20)36/h11,15-16,18,21-23,27,40-41H,3-10,12-14H2,1-2H3,(H,31,39)(H,32,42)(H,47,48)(H,49,50)(H2,30,33,34)(H2,44,45,46)/t18-,21-,22-,23+,27-/m1/s1. The number of carbonyl (C=O) groups is 5. The first-order chi connectivity index (χ1) is 27.5. The van der Waals surface area contributed by atoms with Crippen LogP contribution in [0.4, 0.5) is 5.82 Å². The Morgan fingerprint density at radius 2 is 1.71 bits per heavy atom. The molecule has 1 aliphatic heterocycles. The Morgan fingerprint density at radius 3 is 2.39 bits per heavy atom. The van der Waals surface area contributed by atoms with E-state index in [0.717, 1.165) is 35.3 Å². The molecule has 0 aromatic carbocycles. The van der Waals surface area contributed by atoms with Gasteiger partial charge in [-0.2, -0.15) is 4.31 Å². The van der Waals surface area contributed by atoms with Crippen molar-refractivity contribution in [2.24, 2.45) is 5.41 Å². The number of phosphoric acid groups is 3. The molecule has 10 N–H and O–H groups in total. The lowest BCUT2D eigenvalue weighted by molar-refractivity contribution is -0.137. The zero-order valence-corrected chi connectivity index (χ0v) is 35.0. The summed E-state index contributed by atoms with van der Waals surface area (Å²) in [6.07, 6.45) is -4.12. The number of hydrogen-bond acceptors (Lipinski definition) is 20. The number of hydrogen-bond donors (Lipinski definition) is 9. The number of thioether (sulfide) groups is 1. The molecule has 2 aromatic heterocycles. The molecular formula is C29H46N7O19P3S. The molecule has 1 fully saturated rings. The molecule has 0 bridgehead atoms. The van der Waals surface area contributed by atoms with Gasteiger partial charge in [0.05, 0.1) is 19.5 Å². The fourth-order valence-electron chi connectivity index (χ4n) is 5.15. The first-order valence-electron chi connectivity index (χ1n) is 17.5. The van der Waals surface area contributed by atoms with Gasteiger partial charge in [-0.1, -0.05) is 32.0 Å². The number of fused-ring (bicyclic) bond motifs is 1. The highest BCUT2D eigenvalue weighted by Gasteiger charge is 2.50. The lowest BCUT2D eigenvalue weighted by Gasteiger charge is -2.30. The molecule has 1 saturated heterocycles. The van der Waals surface area contributed by atoms with Crippen LogP contribution in [0.15, 0.2) is 12.7 Å². The molecule has 1 aliphatic rings. The van der Waals surface area contributed by atoms with E-state index in [0.29, 0.717) is 25.7 Å². The Labute approximate surface area is 339 Å². The van der Waals surface area contributed by atoms with Gasteiger partial charge in [0.15, 0.2) is 17.7 Å². The smallest absolute Gasteiger partial charge is 0.386 e. The third-order valence-electron chi connectivity index (χ3n) is 8.19. The van der Waals surface area contributed by atoms with Crippen molar-refractivity contribution in [1.82, 2.24) is 30.2 Å². The van der Waals surface area contributed by atoms with E-state index in [1.807, 2.05) is 0 Å². The molecule has 2 amide bonds. The molecular weight excluding hydrogens is 875 g/mol. The van der Waals surface area contributed by atoms with Crippen LogP contribution in [0.2, 0.25) is 0 Å². The number of ether oxygens (including phenoxy) is 1. The van der Waals surface area contributed by atoms with Gasteiger partial charge in [0.25, 0.3) is 5.12 Å². The maximum Gasteiger partial charge on any atom is 0.481 e. The second-order valence-corrected chi connectivity index (χ2v) is 18.7. The van der Waals surface area contributed by atoms with E-state index in [9.17, 15) is 67.5 Å². The summed E-state index contributed by atoms with van der Waals surface area (Å²) >= 11 is 0.741. The minimum atomic E-state index is -5.59. The number of unbranched alkanes of at least 4 members (excludes halogenated alkanes) is 3. The van der Waals surface area contributed by atoms with Crippen molar-refractivity contribution in [2.75, 3.05) is 37.8 Å². The van der Waals surface area contributed by atoms with Crippen LogP contribution in [-0.4, -0.2) is 135 Å². The number of aliphatic hydroxyl groups is 2. The minimum Gasteiger partial charge on any atom is -0.386 e. The highest BCUT2D eigenvalue weighted by Crippen LogP contribution is 2.61. The molecule has 0 saturated carbocycles. The van der Waals surface area contributed by atoms with Crippen molar-refractivity contribution in [1.29, 1.82) is 0 Å². The number of anilines is 1. The molecule has 3 rings (SSSR count). The van der Waals surface area contributed by atoms with Crippen LogP contribution in [0.5, 0.6) is 0 Å². The first-order valence-corrected chi connectivity index (χ1v) is 23.0. The fraction of sp³-hybridized carbons (Fsp3) is 0.655. The zero-order valence-electron chi connectivity index (χ0n) is 31.5. The van der Waals surface area contributed by atoms with Gasteiger partial charge in [-0.3, -0.25) is 37.3 Å². The van der Waals surface area contributed by atoms with Crippen LogP contribution in [0.3, 0.4) is 0 Å². The Kier molecular flexibility index (Phi) is 18.8. The number of nitrogens with two attached hydrogens (primary N) is 1. The van der Waals surface area contributed by atoms with Gasteiger partial charge in [0.2, 0.25) is 17.6 Å². The summed E-state index contributed by atoms with van der Waals surface area (Å²) in [5, 5.41) is 25.6. The lowest BCUT2D eigenvalue weighted by Crippen LogP contribution is -2.46. The third-order valence-corrected chi connectivity index (χ3v) is 12.2. The maximum atomic E-state index is 12.7. The molecule has 2 aromatic rings. The second-order valence-electron chi connectivity index (χ2n) is 13.4. The van der Waals surface area contributed by atoms with E-state index in [-0.39, 0.29) is 48.7 Å². The molecule has 0 radical (unpaired) electrons. The number of ketones is 1. The number of carbonyl (C=O) groups excluding carboxylic acids is 5. The quantitative estimate of drug-likeness (QED) is 0.0246. The van der Waals surface area contributed by atoms with Crippen molar-refractivity contribution in [3.8, 4) is 0 Å². The summed E-state index contributed by atoms with van der Waals surface area (Å²) in [4.78, 5) is 110. The van der Waals surface area contributed by atoms with E-state index in [1.165, 1.54) is 13.8 Å². The van der Waals surface area contributed by atoms with Crippen LogP contribution in [0.1, 0.15) is 58.6 Å². The molecule has 59 heavy (non-hydrogen) atoms. The van der Waals surface area contributed by atoms with Crippen LogP contribution in [0.25, 0.3) is 11.2 Å². The summed E-state index contributed by atoms with van der Waals surface area (Å²) in [6, 6.07) is 0. The van der Waals surface area contributed by atoms with E-state index in [1.54, 1.807) is 0 Å². The Balaban J connectivity index is 1.44. The number of phosphoric ester groups is 3. The predicted molar refractivity (Wildman–Crippen MR) is 201 cm³/mol. The normalized spacial score (nSPS) is 21.0. The zero-order chi connectivity index (χ0) is 44.2. The highest BCUT2D eigenvalue weighted by molar-refractivity contribution is 8.15. The van der Waals surface area contributed by atoms with Crippen molar-refractivity contribution in [3.63, 3.8) is 0 Å². The Bertz CT molecular complexity index is 1950. The number of rotatable bonds is 26. The third kappa shape index (κ3) is 16.0. The monoisotopic (exact) mass is 921 g/mol. The number of aliphatic hydroxyl groups excluding tert-OH is 2. The lowest BCUT2D eigenvalue weighted by atomic mass is 9.87. The SMILES string of the molecule is CC(C)(COP(=O)(O)OP(=O)(O)OC[C@H]1O[C@@H](n2cnc3c(N)ncnc32)[C@H](O)[C@@H]1OP(=O)(O)O)[C@@H](O)C(=O)NCCC(=O)NCCSC(=O)C(=O)CCCCCC=O. The molecule has 3 heterocycles. The van der Waals surface area contributed by atoms with Gasteiger partial charge in [0.1, 0.15) is 42.5 Å². The topological polar surface area (TPSA) is 398 Å². The number of imidazole rings is 1. The second kappa shape index (κ2) is 22.1. The number of nitrogen functional groups attached to an aromatic ring is 1. The molecule has 26 nitrogen and oxygen atoms in total. The maximum absolute atomic E-state index is 12.7. The number of nitrogens with zero attached hydrogens (tertiary/aromatic N) is 4. The van der Waals surface area contributed by atoms with Crippen LogP contribution in [-0.2, 0) is 60.3 Å². The molecule has 7 atom stereocenters. The molecule has 30 heteroatoms. The van der Waals surface area contributed by atoms with Crippen LogP contribution in [0, 0.1) is 5.41 Å². The summed E-state index contributed by atoms with van der Waals surface area (Å²) < 4.78 is 62.1. The summed E-state index contributed by atoms with van der Waals surface area (Å²) in [6.45, 7) is 0.159. The molecule has 332 valence electrons. The number of nitrogens with one attached hydrogen (secondary N) is 2. The van der Waals surface area contributed by atoms with Gasteiger partial charge in [-0.05, 0) is 12.8 Å². The van der Waals surface area contributed by atoms with E-state index in [2.05, 4.69) is 34.4 Å². The Hall–Kier alpha value is -3.10. The van der Waals surface area contributed by atoms with Gasteiger partial charge >= 0.3 is 23.5 Å². The van der Waals surface area contributed by atoms with E-state index >= 15 is 0 Å². The van der Waals surface area contributed by atoms with E-state index in [4.69, 9.17) is 19.5 Å². The summed E-state index contributed by atoms with van der Waals surface area (Å²) in [5.74, 6) is -2.05. The Morgan fingerprint density at radius 1 is 1.02 bits per heavy atom. The summed E-state index contributed by atoms with van der Waals surface area (Å²) in [7, 11) is -16.5. The molecule has 0 aliphatic carbocycles. The van der Waals surface area contributed by atoms with Gasteiger partial charge in [-0.25, -0.2) is 28.6 Å². The summed E-state index contributed by atoms with van der Waals surface area (Å²) in [5.41, 5.74) is 4.20. The first kappa shape index (κ1) is 50.3. The molecule has 0 spiro atoms. The number of aldehydes is 1. The van der Waals surface area contributed by atoms with Gasteiger partial charge in [0, 0.05) is 43.5 Å². The van der Waals surface area contributed by atoms with Crippen molar-refractivity contribution in [2.45, 2.75) is 83.0 Å². The average molecular weight is 922 g/mol. The minimum absolute atomic E-state index is 0.0191. The van der Waals surface area contributed by atoms with Crippen molar-refractivity contribution in [3.05, 3.63) is 12.7 Å². The van der Waals surface area contributed by atoms with Gasteiger partial charge in [-0.15, -0.1) is 0 Å². The number of Topliss-reactive ketones (excluding diaryl/α,β-unsaturated/α-hetero) is 1. The van der Waals surface area contributed by atoms with Crippen molar-refractivity contribution >= 4 is 81.2 Å². The number of aromatic nitrogens is 4. The largest absolute Gasteiger partial charge is 0.481 e. The van der Waals surface area contributed by atoms with Crippen LogP contribution < -0.4 is 16.4 Å². The molecule has 2 unspecified atom stereocenters. The predicted octanol–water partition coefficient (Wildman–Crippen LogP) is -0.617. The highest BCUT2D eigenvalue weighted by atomic mass is 32.2. The van der Waals surface area contributed by atoms with Crippen LogP contribution >= 0.6 is 35.2 Å². The van der Waals surface area contributed by atoms with Crippen molar-refractivity contribution < 1.29 is 90.1 Å². The fourth-order valence-corrected chi connectivity index (χ4v) is 8.63.